The summed E-state index contributed by atoms with van der Waals surface area (Å²) >= 11 is 4.77. The smallest absolute Gasteiger partial charge is 0.119 e. The molecule has 1 rings (SSSR count). The van der Waals surface area contributed by atoms with Crippen molar-refractivity contribution in [2.75, 3.05) is 13.2 Å². The van der Waals surface area contributed by atoms with E-state index >= 15 is 0 Å². The fraction of sp³-hybridized carbons (Fsp3) is 0.364. The van der Waals surface area contributed by atoms with Crippen LogP contribution in [0.15, 0.2) is 30.3 Å². The summed E-state index contributed by atoms with van der Waals surface area (Å²) in [6.07, 6.45) is -0.195. The maximum absolute atomic E-state index is 5.43. The largest absolute Gasteiger partial charge is 0.491 e. The predicted molar refractivity (Wildman–Crippen MR) is 64.1 cm³/mol. The van der Waals surface area contributed by atoms with Gasteiger partial charge in [0.25, 0.3) is 0 Å². The van der Waals surface area contributed by atoms with Gasteiger partial charge in [-0.15, -0.1) is 0 Å². The summed E-state index contributed by atoms with van der Waals surface area (Å²) in [4.78, 5) is 0.370. The minimum atomic E-state index is -0.195. The van der Waals surface area contributed by atoms with Crippen LogP contribution >= 0.6 is 12.2 Å². The van der Waals surface area contributed by atoms with Crippen molar-refractivity contribution in [1.82, 2.24) is 0 Å². The monoisotopic (exact) mass is 225 g/mol. The van der Waals surface area contributed by atoms with E-state index in [1.54, 1.807) is 0 Å². The molecule has 0 fully saturated rings. The third-order valence-corrected chi connectivity index (χ3v) is 2.20. The lowest BCUT2D eigenvalue weighted by Crippen LogP contribution is -2.27. The molecule has 0 saturated heterocycles. The molecule has 1 unspecified atom stereocenters. The van der Waals surface area contributed by atoms with Gasteiger partial charge in [0.15, 0.2) is 0 Å². The van der Waals surface area contributed by atoms with Gasteiger partial charge < -0.3 is 15.2 Å². The molecule has 15 heavy (non-hydrogen) atoms. The molecule has 0 aromatic heterocycles. The maximum Gasteiger partial charge on any atom is 0.119 e. The average Bonchev–Trinajstić information content (AvgIpc) is 2.25. The van der Waals surface area contributed by atoms with Gasteiger partial charge in [-0.05, 0) is 19.1 Å². The summed E-state index contributed by atoms with van der Waals surface area (Å²) in [6, 6.07) is 9.59. The number of hydrogen-bond acceptors (Lipinski definition) is 3. The summed E-state index contributed by atoms with van der Waals surface area (Å²) < 4.78 is 10.8. The Morgan fingerprint density at radius 3 is 2.60 bits per heavy atom. The predicted octanol–water partition coefficient (Wildman–Crippen LogP) is 1.76. The second kappa shape index (κ2) is 6.37. The molecular weight excluding hydrogens is 210 g/mol. The van der Waals surface area contributed by atoms with Crippen molar-refractivity contribution < 1.29 is 9.47 Å². The Kier molecular flexibility index (Phi) is 5.07. The summed E-state index contributed by atoms with van der Waals surface area (Å²) in [5.74, 6) is 0.837. The molecule has 3 nitrogen and oxygen atoms in total. The van der Waals surface area contributed by atoms with E-state index in [0.717, 1.165) is 5.75 Å². The van der Waals surface area contributed by atoms with Gasteiger partial charge in [0.05, 0.1) is 6.61 Å². The zero-order valence-electron chi connectivity index (χ0n) is 8.68. The molecule has 0 aliphatic carbocycles. The second-order valence-corrected chi connectivity index (χ2v) is 3.55. The summed E-state index contributed by atoms with van der Waals surface area (Å²) in [5.41, 5.74) is 5.39. The molecule has 1 atom stereocenters. The summed E-state index contributed by atoms with van der Waals surface area (Å²) in [7, 11) is 0. The van der Waals surface area contributed by atoms with E-state index in [0.29, 0.717) is 18.2 Å². The van der Waals surface area contributed by atoms with Gasteiger partial charge in [0.1, 0.15) is 23.4 Å². The summed E-state index contributed by atoms with van der Waals surface area (Å²) in [5, 5.41) is 0. The van der Waals surface area contributed by atoms with Crippen molar-refractivity contribution in [1.29, 1.82) is 0 Å². The highest BCUT2D eigenvalue weighted by Crippen LogP contribution is 2.07. The minimum Gasteiger partial charge on any atom is -0.491 e. The molecule has 0 aliphatic heterocycles. The molecule has 82 valence electrons. The molecule has 0 radical (unpaired) electrons. The van der Waals surface area contributed by atoms with Crippen LogP contribution in [0, 0.1) is 0 Å². The molecule has 0 spiro atoms. The van der Waals surface area contributed by atoms with E-state index in [4.69, 9.17) is 27.4 Å². The zero-order chi connectivity index (χ0) is 11.1. The number of benzene rings is 1. The van der Waals surface area contributed by atoms with Crippen molar-refractivity contribution in [2.45, 2.75) is 13.0 Å². The number of thiocarbonyl (C=S) groups is 1. The van der Waals surface area contributed by atoms with Crippen LogP contribution in [0.2, 0.25) is 0 Å². The standard InChI is InChI=1S/C11H15NO2S/c1-9(11(12)15)13-7-8-14-10-5-3-2-4-6-10/h2-6,9H,7-8H2,1H3,(H2,12,15). The molecule has 1 aromatic rings. The highest BCUT2D eigenvalue weighted by molar-refractivity contribution is 7.80. The zero-order valence-corrected chi connectivity index (χ0v) is 9.50. The number of hydrogen-bond donors (Lipinski definition) is 1. The van der Waals surface area contributed by atoms with Crippen molar-refractivity contribution in [3.05, 3.63) is 30.3 Å². The van der Waals surface area contributed by atoms with Crippen LogP contribution in [0.3, 0.4) is 0 Å². The van der Waals surface area contributed by atoms with Crippen molar-refractivity contribution in [3.63, 3.8) is 0 Å². The topological polar surface area (TPSA) is 44.5 Å². The molecule has 0 saturated carbocycles. The highest BCUT2D eigenvalue weighted by atomic mass is 32.1. The van der Waals surface area contributed by atoms with Crippen LogP contribution in [0.4, 0.5) is 0 Å². The van der Waals surface area contributed by atoms with Crippen LogP contribution < -0.4 is 10.5 Å². The average molecular weight is 225 g/mol. The Balaban J connectivity index is 2.15. The van der Waals surface area contributed by atoms with Crippen molar-refractivity contribution in [3.8, 4) is 5.75 Å². The van der Waals surface area contributed by atoms with Gasteiger partial charge in [-0.25, -0.2) is 0 Å². The van der Waals surface area contributed by atoms with Crippen LogP contribution in [0.5, 0.6) is 5.75 Å². The normalized spacial score (nSPS) is 12.1. The quantitative estimate of drug-likeness (QED) is 0.592. The van der Waals surface area contributed by atoms with E-state index < -0.39 is 0 Å². The van der Waals surface area contributed by atoms with E-state index in [9.17, 15) is 0 Å². The Morgan fingerprint density at radius 2 is 2.00 bits per heavy atom. The Morgan fingerprint density at radius 1 is 1.33 bits per heavy atom. The third-order valence-electron chi connectivity index (χ3n) is 1.86. The minimum absolute atomic E-state index is 0.195. The first-order valence-electron chi connectivity index (χ1n) is 4.79. The van der Waals surface area contributed by atoms with Crippen LogP contribution in [-0.4, -0.2) is 24.3 Å². The first-order chi connectivity index (χ1) is 7.20. The first kappa shape index (κ1) is 11.9. The van der Waals surface area contributed by atoms with Gasteiger partial charge in [0, 0.05) is 0 Å². The first-order valence-corrected chi connectivity index (χ1v) is 5.19. The molecule has 4 heteroatoms. The molecule has 0 bridgehead atoms. The van der Waals surface area contributed by atoms with Crippen LogP contribution in [-0.2, 0) is 4.74 Å². The van der Waals surface area contributed by atoms with Gasteiger partial charge in [-0.3, -0.25) is 0 Å². The Hall–Kier alpha value is -1.13. The molecule has 0 heterocycles. The molecular formula is C11H15NO2S. The maximum atomic E-state index is 5.43. The lowest BCUT2D eigenvalue weighted by molar-refractivity contribution is 0.0810. The molecule has 0 amide bonds. The van der Waals surface area contributed by atoms with E-state index in [2.05, 4.69) is 0 Å². The third kappa shape index (κ3) is 4.76. The van der Waals surface area contributed by atoms with Crippen molar-refractivity contribution >= 4 is 17.2 Å². The van der Waals surface area contributed by atoms with Gasteiger partial charge >= 0.3 is 0 Å². The lowest BCUT2D eigenvalue weighted by Gasteiger charge is -2.11. The fourth-order valence-electron chi connectivity index (χ4n) is 0.983. The van der Waals surface area contributed by atoms with E-state index in [1.165, 1.54) is 0 Å². The van der Waals surface area contributed by atoms with Gasteiger partial charge in [-0.1, -0.05) is 30.4 Å². The molecule has 2 N–H and O–H groups in total. The van der Waals surface area contributed by atoms with Crippen LogP contribution in [0.1, 0.15) is 6.92 Å². The SMILES string of the molecule is CC(OCCOc1ccccc1)C(N)=S. The summed E-state index contributed by atoms with van der Waals surface area (Å²) in [6.45, 7) is 2.80. The van der Waals surface area contributed by atoms with Crippen LogP contribution in [0.25, 0.3) is 0 Å². The van der Waals surface area contributed by atoms with Crippen molar-refractivity contribution in [2.24, 2.45) is 5.73 Å². The lowest BCUT2D eigenvalue weighted by atomic mass is 10.3. The number of rotatable bonds is 6. The second-order valence-electron chi connectivity index (χ2n) is 3.08. The Labute approximate surface area is 95.2 Å². The molecule has 0 aliphatic rings. The van der Waals surface area contributed by atoms with E-state index in [-0.39, 0.29) is 6.10 Å². The number of nitrogens with two attached hydrogens (primary N) is 1. The fourth-order valence-corrected chi connectivity index (χ4v) is 1.05. The highest BCUT2D eigenvalue weighted by Gasteiger charge is 2.03. The van der Waals surface area contributed by atoms with Gasteiger partial charge in [-0.2, -0.15) is 0 Å². The Bertz CT molecular complexity index is 303. The molecule has 1 aromatic carbocycles. The number of para-hydroxylation sites is 1. The van der Waals surface area contributed by atoms with E-state index in [1.807, 2.05) is 37.3 Å². The number of ether oxygens (including phenoxy) is 2. The van der Waals surface area contributed by atoms with Gasteiger partial charge in [0.2, 0.25) is 0 Å².